The molecule has 0 fully saturated rings. The molecule has 1 unspecified atom stereocenters. The predicted molar refractivity (Wildman–Crippen MR) is 66.6 cm³/mol. The second-order valence-electron chi connectivity index (χ2n) is 3.53. The van der Waals surface area contributed by atoms with Gasteiger partial charge in [0.15, 0.2) is 0 Å². The SMILES string of the molecule is CCC(C)C(=O)Nc1ccc(Br)c(N)c1. The summed E-state index contributed by atoms with van der Waals surface area (Å²) in [6.45, 7) is 3.89. The molecule has 0 aliphatic rings. The molecule has 0 saturated heterocycles. The molecule has 1 amide bonds. The second-order valence-corrected chi connectivity index (χ2v) is 4.39. The number of hydrogen-bond donors (Lipinski definition) is 2. The van der Waals surface area contributed by atoms with Crippen molar-refractivity contribution in [3.05, 3.63) is 22.7 Å². The van der Waals surface area contributed by atoms with Gasteiger partial charge in [-0.05, 0) is 40.5 Å². The van der Waals surface area contributed by atoms with Crippen molar-refractivity contribution in [1.82, 2.24) is 0 Å². The molecule has 82 valence electrons. The van der Waals surface area contributed by atoms with E-state index in [0.29, 0.717) is 5.69 Å². The highest BCUT2D eigenvalue weighted by atomic mass is 79.9. The number of hydrogen-bond acceptors (Lipinski definition) is 2. The maximum Gasteiger partial charge on any atom is 0.227 e. The van der Waals surface area contributed by atoms with Crippen LogP contribution in [0.2, 0.25) is 0 Å². The third-order valence-electron chi connectivity index (χ3n) is 2.32. The topological polar surface area (TPSA) is 55.1 Å². The molecule has 0 spiro atoms. The fourth-order valence-corrected chi connectivity index (χ4v) is 1.32. The first-order valence-corrected chi connectivity index (χ1v) is 5.69. The van der Waals surface area contributed by atoms with Gasteiger partial charge in [-0.3, -0.25) is 4.79 Å². The van der Waals surface area contributed by atoms with Gasteiger partial charge in [0.25, 0.3) is 0 Å². The Morgan fingerprint density at radius 1 is 1.60 bits per heavy atom. The van der Waals surface area contributed by atoms with Gasteiger partial charge in [-0.15, -0.1) is 0 Å². The van der Waals surface area contributed by atoms with Crippen molar-refractivity contribution in [2.24, 2.45) is 5.92 Å². The molecule has 0 heterocycles. The monoisotopic (exact) mass is 270 g/mol. The predicted octanol–water partition coefficient (Wildman–Crippen LogP) is 3.02. The van der Waals surface area contributed by atoms with E-state index in [2.05, 4.69) is 21.2 Å². The average Bonchev–Trinajstić information content (AvgIpc) is 2.22. The van der Waals surface area contributed by atoms with Crippen LogP contribution in [0.5, 0.6) is 0 Å². The van der Waals surface area contributed by atoms with Crippen LogP contribution in [-0.2, 0) is 4.79 Å². The molecule has 3 N–H and O–H groups in total. The molecular formula is C11H15BrN2O. The van der Waals surface area contributed by atoms with E-state index in [0.717, 1.165) is 16.6 Å². The average molecular weight is 271 g/mol. The number of nitrogen functional groups attached to an aromatic ring is 1. The highest BCUT2D eigenvalue weighted by Gasteiger charge is 2.10. The summed E-state index contributed by atoms with van der Waals surface area (Å²) in [5.41, 5.74) is 7.07. The Morgan fingerprint density at radius 2 is 2.27 bits per heavy atom. The zero-order valence-electron chi connectivity index (χ0n) is 8.88. The lowest BCUT2D eigenvalue weighted by Gasteiger charge is -2.10. The standard InChI is InChI=1S/C11H15BrN2O/c1-3-7(2)11(15)14-8-4-5-9(12)10(13)6-8/h4-7H,3,13H2,1-2H3,(H,14,15). The summed E-state index contributed by atoms with van der Waals surface area (Å²) >= 11 is 3.30. The number of benzene rings is 1. The smallest absolute Gasteiger partial charge is 0.227 e. The van der Waals surface area contributed by atoms with Crippen molar-refractivity contribution >= 4 is 33.2 Å². The van der Waals surface area contributed by atoms with Crippen molar-refractivity contribution in [2.75, 3.05) is 11.1 Å². The molecule has 4 heteroatoms. The van der Waals surface area contributed by atoms with Gasteiger partial charge in [-0.2, -0.15) is 0 Å². The number of halogens is 1. The van der Waals surface area contributed by atoms with Crippen LogP contribution in [0.1, 0.15) is 20.3 Å². The molecule has 0 aliphatic carbocycles. The number of anilines is 2. The summed E-state index contributed by atoms with van der Waals surface area (Å²) in [5, 5.41) is 2.82. The molecule has 0 radical (unpaired) electrons. The van der Waals surface area contributed by atoms with Gasteiger partial charge in [0, 0.05) is 21.8 Å². The molecule has 0 bridgehead atoms. The Bertz CT molecular complexity index is 366. The van der Waals surface area contributed by atoms with E-state index in [1.807, 2.05) is 26.0 Å². The molecule has 1 atom stereocenters. The highest BCUT2D eigenvalue weighted by molar-refractivity contribution is 9.10. The maximum absolute atomic E-state index is 11.6. The number of amides is 1. The molecule has 1 aromatic carbocycles. The number of rotatable bonds is 3. The summed E-state index contributed by atoms with van der Waals surface area (Å²) in [4.78, 5) is 11.6. The lowest BCUT2D eigenvalue weighted by atomic mass is 10.1. The number of nitrogens with two attached hydrogens (primary N) is 1. The first kappa shape index (κ1) is 12.0. The van der Waals surface area contributed by atoms with Crippen LogP contribution in [-0.4, -0.2) is 5.91 Å². The molecule has 3 nitrogen and oxygen atoms in total. The fraction of sp³-hybridized carbons (Fsp3) is 0.364. The van der Waals surface area contributed by atoms with E-state index < -0.39 is 0 Å². The van der Waals surface area contributed by atoms with Crippen LogP contribution in [0, 0.1) is 5.92 Å². The summed E-state index contributed by atoms with van der Waals surface area (Å²) in [7, 11) is 0. The van der Waals surface area contributed by atoms with E-state index in [1.54, 1.807) is 6.07 Å². The summed E-state index contributed by atoms with van der Waals surface area (Å²) < 4.78 is 0.837. The van der Waals surface area contributed by atoms with E-state index >= 15 is 0 Å². The lowest BCUT2D eigenvalue weighted by molar-refractivity contribution is -0.119. The van der Waals surface area contributed by atoms with Crippen LogP contribution in [0.25, 0.3) is 0 Å². The molecule has 0 aromatic heterocycles. The van der Waals surface area contributed by atoms with Gasteiger partial charge in [0.1, 0.15) is 0 Å². The number of carbonyl (C=O) groups is 1. The number of nitrogens with one attached hydrogen (secondary N) is 1. The highest BCUT2D eigenvalue weighted by Crippen LogP contribution is 2.23. The van der Waals surface area contributed by atoms with E-state index in [9.17, 15) is 4.79 Å². The zero-order chi connectivity index (χ0) is 11.4. The summed E-state index contributed by atoms with van der Waals surface area (Å²) in [6.07, 6.45) is 0.831. The van der Waals surface area contributed by atoms with Crippen LogP contribution in [0.3, 0.4) is 0 Å². The van der Waals surface area contributed by atoms with Gasteiger partial charge >= 0.3 is 0 Å². The lowest BCUT2D eigenvalue weighted by Crippen LogP contribution is -2.19. The molecule has 1 aromatic rings. The minimum atomic E-state index is 0.0230. The zero-order valence-corrected chi connectivity index (χ0v) is 10.5. The van der Waals surface area contributed by atoms with Crippen LogP contribution < -0.4 is 11.1 Å². The third-order valence-corrected chi connectivity index (χ3v) is 3.05. The molecule has 15 heavy (non-hydrogen) atoms. The van der Waals surface area contributed by atoms with Crippen LogP contribution in [0.15, 0.2) is 22.7 Å². The van der Waals surface area contributed by atoms with E-state index in [4.69, 9.17) is 5.73 Å². The van der Waals surface area contributed by atoms with Crippen molar-refractivity contribution in [3.63, 3.8) is 0 Å². The van der Waals surface area contributed by atoms with Gasteiger partial charge in [-0.1, -0.05) is 13.8 Å². The Balaban J connectivity index is 2.73. The van der Waals surface area contributed by atoms with Crippen molar-refractivity contribution < 1.29 is 4.79 Å². The first-order valence-electron chi connectivity index (χ1n) is 4.90. The minimum Gasteiger partial charge on any atom is -0.398 e. The second kappa shape index (κ2) is 5.16. The maximum atomic E-state index is 11.6. The Labute approximate surface area is 98.2 Å². The van der Waals surface area contributed by atoms with Crippen LogP contribution >= 0.6 is 15.9 Å². The summed E-state index contributed by atoms with van der Waals surface area (Å²) in [5.74, 6) is 0.0501. The van der Waals surface area contributed by atoms with Gasteiger partial charge < -0.3 is 11.1 Å². The molecule has 0 saturated carbocycles. The Morgan fingerprint density at radius 3 is 2.80 bits per heavy atom. The Kier molecular flexibility index (Phi) is 4.15. The normalized spacial score (nSPS) is 12.2. The van der Waals surface area contributed by atoms with Gasteiger partial charge in [0.05, 0.1) is 0 Å². The largest absolute Gasteiger partial charge is 0.398 e. The van der Waals surface area contributed by atoms with Crippen molar-refractivity contribution in [2.45, 2.75) is 20.3 Å². The molecule has 1 rings (SSSR count). The van der Waals surface area contributed by atoms with Crippen molar-refractivity contribution in [3.8, 4) is 0 Å². The van der Waals surface area contributed by atoms with E-state index in [1.165, 1.54) is 0 Å². The minimum absolute atomic E-state index is 0.0230. The molecule has 0 aliphatic heterocycles. The van der Waals surface area contributed by atoms with E-state index in [-0.39, 0.29) is 11.8 Å². The van der Waals surface area contributed by atoms with Gasteiger partial charge in [-0.25, -0.2) is 0 Å². The van der Waals surface area contributed by atoms with Crippen molar-refractivity contribution in [1.29, 1.82) is 0 Å². The molecular weight excluding hydrogens is 256 g/mol. The van der Waals surface area contributed by atoms with Gasteiger partial charge in [0.2, 0.25) is 5.91 Å². The number of carbonyl (C=O) groups excluding carboxylic acids is 1. The third kappa shape index (κ3) is 3.23. The Hall–Kier alpha value is -1.03. The fourth-order valence-electron chi connectivity index (χ4n) is 1.07. The van der Waals surface area contributed by atoms with Crippen LogP contribution in [0.4, 0.5) is 11.4 Å². The first-order chi connectivity index (χ1) is 7.04. The quantitative estimate of drug-likeness (QED) is 0.830. The summed E-state index contributed by atoms with van der Waals surface area (Å²) in [6, 6.07) is 5.38.